The third-order valence-electron chi connectivity index (χ3n) is 4.95. The molecule has 0 aromatic heterocycles. The summed E-state index contributed by atoms with van der Waals surface area (Å²) in [6.45, 7) is 1.92. The van der Waals surface area contributed by atoms with Gasteiger partial charge < -0.3 is 10.6 Å². The molecule has 2 N–H and O–H groups in total. The summed E-state index contributed by atoms with van der Waals surface area (Å²) >= 11 is 0. The molecule has 2 atom stereocenters. The molecular formula is C18H19FN2O2S. The van der Waals surface area contributed by atoms with Crippen molar-refractivity contribution in [2.75, 3.05) is 18.4 Å². The van der Waals surface area contributed by atoms with Crippen molar-refractivity contribution >= 4 is 15.5 Å². The van der Waals surface area contributed by atoms with Gasteiger partial charge in [-0.2, -0.15) is 0 Å². The van der Waals surface area contributed by atoms with Gasteiger partial charge in [-0.3, -0.25) is 0 Å². The van der Waals surface area contributed by atoms with Crippen molar-refractivity contribution in [2.45, 2.75) is 34.6 Å². The van der Waals surface area contributed by atoms with Gasteiger partial charge in [0.25, 0.3) is 0 Å². The molecule has 2 aromatic carbocycles. The Kier molecular flexibility index (Phi) is 3.81. The molecule has 1 unspecified atom stereocenters. The van der Waals surface area contributed by atoms with Crippen LogP contribution >= 0.6 is 0 Å². The maximum absolute atomic E-state index is 13.1. The average molecular weight is 346 g/mol. The van der Waals surface area contributed by atoms with Gasteiger partial charge in [-0.05, 0) is 74.0 Å². The summed E-state index contributed by atoms with van der Waals surface area (Å²) in [5.41, 5.74) is 2.11. The molecule has 0 amide bonds. The molecule has 4 nitrogen and oxygen atoms in total. The molecule has 0 saturated carbocycles. The van der Waals surface area contributed by atoms with Gasteiger partial charge in [0.1, 0.15) is 5.82 Å². The number of halogens is 1. The van der Waals surface area contributed by atoms with Crippen LogP contribution in [0.3, 0.4) is 0 Å². The number of sulfone groups is 1. The molecule has 2 aliphatic heterocycles. The molecule has 24 heavy (non-hydrogen) atoms. The lowest BCUT2D eigenvalue weighted by molar-refractivity contribution is 0.576. The highest BCUT2D eigenvalue weighted by Gasteiger charge is 2.34. The fraction of sp³-hybridized carbons (Fsp3) is 0.333. The molecule has 0 spiro atoms. The van der Waals surface area contributed by atoms with Gasteiger partial charge in [-0.25, -0.2) is 12.8 Å². The summed E-state index contributed by atoms with van der Waals surface area (Å²) in [4.78, 5) is 0.390. The second kappa shape index (κ2) is 5.86. The minimum Gasteiger partial charge on any atom is -0.381 e. The van der Waals surface area contributed by atoms with Crippen LogP contribution in [0.4, 0.5) is 10.1 Å². The summed E-state index contributed by atoms with van der Waals surface area (Å²) in [7, 11) is -3.63. The fourth-order valence-electron chi connectivity index (χ4n) is 3.68. The van der Waals surface area contributed by atoms with E-state index in [1.165, 1.54) is 24.3 Å². The molecule has 1 fully saturated rings. The van der Waals surface area contributed by atoms with Crippen LogP contribution in [0, 0.1) is 5.82 Å². The van der Waals surface area contributed by atoms with E-state index in [0.717, 1.165) is 37.2 Å². The summed E-state index contributed by atoms with van der Waals surface area (Å²) < 4.78 is 38.7. The number of rotatable bonds is 2. The summed E-state index contributed by atoms with van der Waals surface area (Å²) in [5.74, 6) is -0.112. The standard InChI is InChI=1S/C18H19FN2O2S/c19-12-1-3-13(4-2-12)24(22,23)14-5-6-17-16(11-14)15-7-9-20-10-8-18(15)21-17/h1-6,11,15,18,20-21H,7-10H2/t15?,18-/m1/s1. The number of anilines is 1. The van der Waals surface area contributed by atoms with Crippen LogP contribution in [0.15, 0.2) is 52.3 Å². The second-order valence-electron chi connectivity index (χ2n) is 6.39. The van der Waals surface area contributed by atoms with Crippen LogP contribution < -0.4 is 10.6 Å². The van der Waals surface area contributed by atoms with E-state index in [4.69, 9.17) is 0 Å². The van der Waals surface area contributed by atoms with Crippen molar-refractivity contribution in [1.29, 1.82) is 0 Å². The highest BCUT2D eigenvalue weighted by Crippen LogP contribution is 2.41. The minimum atomic E-state index is -3.63. The van der Waals surface area contributed by atoms with Crippen LogP contribution in [0.2, 0.25) is 0 Å². The van der Waals surface area contributed by atoms with Gasteiger partial charge in [-0.1, -0.05) is 0 Å². The lowest BCUT2D eigenvalue weighted by Gasteiger charge is -2.16. The molecule has 0 aliphatic carbocycles. The quantitative estimate of drug-likeness (QED) is 0.821. The summed E-state index contributed by atoms with van der Waals surface area (Å²) in [6, 6.07) is 10.6. The van der Waals surface area contributed by atoms with E-state index in [0.29, 0.717) is 12.0 Å². The van der Waals surface area contributed by atoms with E-state index < -0.39 is 15.7 Å². The third kappa shape index (κ3) is 2.59. The highest BCUT2D eigenvalue weighted by molar-refractivity contribution is 7.91. The molecular weight excluding hydrogens is 327 g/mol. The first-order valence-electron chi connectivity index (χ1n) is 8.17. The van der Waals surface area contributed by atoms with E-state index in [9.17, 15) is 12.8 Å². The first-order chi connectivity index (χ1) is 11.6. The average Bonchev–Trinajstić information content (AvgIpc) is 2.75. The zero-order valence-corrected chi connectivity index (χ0v) is 13.9. The molecule has 2 heterocycles. The first-order valence-corrected chi connectivity index (χ1v) is 9.66. The van der Waals surface area contributed by atoms with Crippen molar-refractivity contribution in [2.24, 2.45) is 0 Å². The molecule has 1 saturated heterocycles. The van der Waals surface area contributed by atoms with Crippen molar-refractivity contribution < 1.29 is 12.8 Å². The van der Waals surface area contributed by atoms with Crippen LogP contribution in [-0.4, -0.2) is 27.5 Å². The van der Waals surface area contributed by atoms with Gasteiger partial charge in [0, 0.05) is 17.6 Å². The number of hydrogen-bond donors (Lipinski definition) is 2. The normalized spacial score (nSPS) is 23.0. The van der Waals surface area contributed by atoms with E-state index in [1.54, 1.807) is 12.1 Å². The lowest BCUT2D eigenvalue weighted by Crippen LogP contribution is -2.21. The zero-order chi connectivity index (χ0) is 16.7. The summed E-state index contributed by atoms with van der Waals surface area (Å²) in [5, 5.41) is 6.91. The Balaban J connectivity index is 1.73. The zero-order valence-electron chi connectivity index (χ0n) is 13.1. The molecule has 2 aliphatic rings. The summed E-state index contributed by atoms with van der Waals surface area (Å²) in [6.07, 6.45) is 2.02. The SMILES string of the molecule is O=S(=O)(c1ccc(F)cc1)c1ccc2c(c1)C1CCNCC[C@H]1N2. The molecule has 126 valence electrons. The predicted molar refractivity (Wildman–Crippen MR) is 90.5 cm³/mol. The van der Waals surface area contributed by atoms with Gasteiger partial charge in [0.15, 0.2) is 0 Å². The smallest absolute Gasteiger partial charge is 0.206 e. The van der Waals surface area contributed by atoms with Crippen molar-refractivity contribution in [1.82, 2.24) is 5.32 Å². The van der Waals surface area contributed by atoms with Crippen molar-refractivity contribution in [3.8, 4) is 0 Å². The first kappa shape index (κ1) is 15.6. The van der Waals surface area contributed by atoms with Crippen LogP contribution in [-0.2, 0) is 9.84 Å². The van der Waals surface area contributed by atoms with Gasteiger partial charge in [0.2, 0.25) is 9.84 Å². The van der Waals surface area contributed by atoms with E-state index in [2.05, 4.69) is 10.6 Å². The Labute approximate surface area is 141 Å². The molecule has 0 radical (unpaired) electrons. The Morgan fingerprint density at radius 2 is 1.67 bits per heavy atom. The fourth-order valence-corrected chi connectivity index (χ4v) is 4.98. The van der Waals surface area contributed by atoms with Crippen molar-refractivity contribution in [3.63, 3.8) is 0 Å². The molecule has 2 aromatic rings. The van der Waals surface area contributed by atoms with E-state index in [-0.39, 0.29) is 9.79 Å². The largest absolute Gasteiger partial charge is 0.381 e. The Hall–Kier alpha value is -1.92. The maximum atomic E-state index is 13.1. The third-order valence-corrected chi connectivity index (χ3v) is 6.71. The van der Waals surface area contributed by atoms with Crippen LogP contribution in [0.5, 0.6) is 0 Å². The van der Waals surface area contributed by atoms with Crippen LogP contribution in [0.25, 0.3) is 0 Å². The lowest BCUT2D eigenvalue weighted by atomic mass is 9.91. The topological polar surface area (TPSA) is 58.2 Å². The predicted octanol–water partition coefficient (Wildman–Crippen LogP) is 2.92. The number of hydrogen-bond acceptors (Lipinski definition) is 4. The Morgan fingerprint density at radius 1 is 0.958 bits per heavy atom. The second-order valence-corrected chi connectivity index (χ2v) is 8.34. The molecule has 0 bridgehead atoms. The molecule has 6 heteroatoms. The van der Waals surface area contributed by atoms with Gasteiger partial charge in [0.05, 0.1) is 9.79 Å². The van der Waals surface area contributed by atoms with Crippen molar-refractivity contribution in [3.05, 3.63) is 53.8 Å². The van der Waals surface area contributed by atoms with Gasteiger partial charge in [-0.15, -0.1) is 0 Å². The number of nitrogens with one attached hydrogen (secondary N) is 2. The maximum Gasteiger partial charge on any atom is 0.206 e. The number of benzene rings is 2. The van der Waals surface area contributed by atoms with Crippen LogP contribution in [0.1, 0.15) is 24.3 Å². The van der Waals surface area contributed by atoms with E-state index >= 15 is 0 Å². The highest BCUT2D eigenvalue weighted by atomic mass is 32.2. The molecule has 4 rings (SSSR count). The van der Waals surface area contributed by atoms with Gasteiger partial charge >= 0.3 is 0 Å². The Bertz CT molecular complexity index is 865. The minimum absolute atomic E-state index is 0.119. The monoisotopic (exact) mass is 346 g/mol. The van der Waals surface area contributed by atoms with E-state index in [1.807, 2.05) is 6.07 Å². The Morgan fingerprint density at radius 3 is 2.46 bits per heavy atom. The number of fused-ring (bicyclic) bond motifs is 3.